The number of nitrogens with one attached hydrogen (secondary N) is 2. The highest BCUT2D eigenvalue weighted by molar-refractivity contribution is 5.80. The molecule has 110 valence electrons. The van der Waals surface area contributed by atoms with Crippen LogP contribution in [0.25, 0.3) is 0 Å². The highest BCUT2D eigenvalue weighted by Crippen LogP contribution is 1.99. The van der Waals surface area contributed by atoms with E-state index in [1.807, 2.05) is 13.8 Å². The molecule has 1 aromatic heterocycles. The predicted molar refractivity (Wildman–Crippen MR) is 74.9 cm³/mol. The molecular formula is C13H20N4O3. The van der Waals surface area contributed by atoms with E-state index in [0.717, 1.165) is 0 Å². The van der Waals surface area contributed by atoms with E-state index >= 15 is 0 Å². The van der Waals surface area contributed by atoms with Gasteiger partial charge in [0.15, 0.2) is 0 Å². The number of pyridine rings is 1. The van der Waals surface area contributed by atoms with Gasteiger partial charge in [-0.25, -0.2) is 4.98 Å². The maximum atomic E-state index is 11.8. The van der Waals surface area contributed by atoms with Crippen LogP contribution >= 0.6 is 0 Å². The van der Waals surface area contributed by atoms with Crippen molar-refractivity contribution in [2.45, 2.75) is 13.8 Å². The third-order valence-corrected chi connectivity index (χ3v) is 2.34. The zero-order chi connectivity index (χ0) is 15.0. The zero-order valence-electron chi connectivity index (χ0n) is 11.7. The number of hydrogen-bond acceptors (Lipinski definition) is 5. The average molecular weight is 280 g/mol. The Bertz CT molecular complexity index is 437. The first-order valence-electron chi connectivity index (χ1n) is 6.37. The Balaban J connectivity index is 2.42. The Labute approximate surface area is 118 Å². The molecule has 0 spiro atoms. The average Bonchev–Trinajstić information content (AvgIpc) is 2.36. The normalized spacial score (nSPS) is 10.6. The van der Waals surface area contributed by atoms with E-state index in [2.05, 4.69) is 15.8 Å². The van der Waals surface area contributed by atoms with Crippen molar-refractivity contribution in [3.63, 3.8) is 0 Å². The first kappa shape index (κ1) is 15.9. The number of anilines is 1. The van der Waals surface area contributed by atoms with E-state index in [1.54, 1.807) is 29.3 Å². The smallest absolute Gasteiger partial charge is 0.317 e. The molecule has 1 heterocycles. The maximum absolute atomic E-state index is 11.8. The molecule has 0 atom stereocenters. The number of rotatable bonds is 8. The molecule has 0 bridgehead atoms. The van der Waals surface area contributed by atoms with Crippen molar-refractivity contribution in [3.8, 4) is 0 Å². The molecule has 1 rings (SSSR count). The number of carboxylic acid groups (broad SMARTS) is 1. The molecule has 0 aliphatic carbocycles. The molecule has 0 fully saturated rings. The minimum atomic E-state index is -0.948. The summed E-state index contributed by atoms with van der Waals surface area (Å²) < 4.78 is 0. The van der Waals surface area contributed by atoms with Crippen LogP contribution in [0.2, 0.25) is 0 Å². The van der Waals surface area contributed by atoms with Crippen LogP contribution in [0.5, 0.6) is 0 Å². The third kappa shape index (κ3) is 6.69. The summed E-state index contributed by atoms with van der Waals surface area (Å²) in [5.74, 6) is -0.450. The fraction of sp³-hybridized carbons (Fsp3) is 0.462. The molecule has 0 radical (unpaired) electrons. The largest absolute Gasteiger partial charge is 0.480 e. The summed E-state index contributed by atoms with van der Waals surface area (Å²) in [4.78, 5) is 28.1. The summed E-state index contributed by atoms with van der Waals surface area (Å²) in [6.07, 6.45) is 1.60. The van der Waals surface area contributed by atoms with Gasteiger partial charge in [0.2, 0.25) is 0 Å². The zero-order valence-corrected chi connectivity index (χ0v) is 11.7. The molecule has 0 aliphatic rings. The molecule has 1 aromatic rings. The van der Waals surface area contributed by atoms with E-state index in [4.69, 9.17) is 5.11 Å². The third-order valence-electron chi connectivity index (χ3n) is 2.34. The van der Waals surface area contributed by atoms with Gasteiger partial charge in [-0.1, -0.05) is 19.9 Å². The first-order valence-corrected chi connectivity index (χ1v) is 6.37. The lowest BCUT2D eigenvalue weighted by molar-refractivity contribution is -0.138. The lowest BCUT2D eigenvalue weighted by atomic mass is 10.2. The molecule has 0 saturated carbocycles. The van der Waals surface area contributed by atoms with Crippen molar-refractivity contribution >= 4 is 17.7 Å². The van der Waals surface area contributed by atoms with Crippen LogP contribution in [0.4, 0.5) is 5.82 Å². The van der Waals surface area contributed by atoms with Gasteiger partial charge in [0.25, 0.3) is 5.91 Å². The van der Waals surface area contributed by atoms with Crippen LogP contribution in [0.15, 0.2) is 24.4 Å². The quantitative estimate of drug-likeness (QED) is 0.603. The second kappa shape index (κ2) is 8.11. The second-order valence-corrected chi connectivity index (χ2v) is 4.85. The van der Waals surface area contributed by atoms with Crippen LogP contribution in [-0.4, -0.2) is 46.5 Å². The van der Waals surface area contributed by atoms with Gasteiger partial charge in [0, 0.05) is 12.7 Å². The van der Waals surface area contributed by atoms with Crippen molar-refractivity contribution in [2.75, 3.05) is 25.1 Å². The van der Waals surface area contributed by atoms with Crippen LogP contribution in [0.3, 0.4) is 0 Å². The van der Waals surface area contributed by atoms with Crippen molar-refractivity contribution in [1.29, 1.82) is 0 Å². The number of hydrogen-bond donors (Lipinski definition) is 3. The highest BCUT2D eigenvalue weighted by atomic mass is 16.4. The number of aromatic nitrogens is 1. The summed E-state index contributed by atoms with van der Waals surface area (Å²) in [6.45, 7) is 4.35. The summed E-state index contributed by atoms with van der Waals surface area (Å²) in [7, 11) is 0. The molecule has 7 nitrogen and oxygen atoms in total. The van der Waals surface area contributed by atoms with Crippen LogP contribution in [-0.2, 0) is 9.59 Å². The van der Waals surface area contributed by atoms with Crippen molar-refractivity contribution in [1.82, 2.24) is 15.3 Å². The predicted octanol–water partition coefficient (Wildman–Crippen LogP) is 0.567. The van der Waals surface area contributed by atoms with E-state index in [1.165, 1.54) is 0 Å². The Morgan fingerprint density at radius 3 is 2.65 bits per heavy atom. The van der Waals surface area contributed by atoms with Gasteiger partial charge in [0.05, 0.1) is 13.1 Å². The second-order valence-electron chi connectivity index (χ2n) is 4.85. The number of nitrogens with zero attached hydrogens (tertiary/aromatic N) is 2. The molecule has 7 heteroatoms. The minimum Gasteiger partial charge on any atom is -0.480 e. The Kier molecular flexibility index (Phi) is 6.45. The van der Waals surface area contributed by atoms with Crippen molar-refractivity contribution < 1.29 is 14.7 Å². The standard InChI is InChI=1S/C13H20N4O3/c1-10(2)7-17(9-13(19)20)8-12(18)16-15-11-5-3-4-6-14-11/h3-6,10H,7-9H2,1-2H3,(H,14,15)(H,16,18)(H,19,20). The fourth-order valence-electron chi connectivity index (χ4n) is 1.71. The summed E-state index contributed by atoms with van der Waals surface area (Å²) in [5.41, 5.74) is 5.16. The van der Waals surface area contributed by atoms with Crippen molar-refractivity contribution in [2.24, 2.45) is 5.92 Å². The van der Waals surface area contributed by atoms with Crippen LogP contribution in [0.1, 0.15) is 13.8 Å². The molecular weight excluding hydrogens is 260 g/mol. The number of carboxylic acids is 1. The number of hydrazine groups is 1. The van der Waals surface area contributed by atoms with Gasteiger partial charge in [-0.05, 0) is 18.1 Å². The SMILES string of the molecule is CC(C)CN(CC(=O)O)CC(=O)NNc1ccccn1. The minimum absolute atomic E-state index is 0.0182. The van der Waals surface area contributed by atoms with Gasteiger partial charge in [-0.3, -0.25) is 25.3 Å². The van der Waals surface area contributed by atoms with Crippen LogP contribution in [0, 0.1) is 5.92 Å². The molecule has 3 N–H and O–H groups in total. The number of aliphatic carboxylic acids is 1. The van der Waals surface area contributed by atoms with Gasteiger partial charge in [-0.2, -0.15) is 0 Å². The Hall–Kier alpha value is -2.15. The molecule has 20 heavy (non-hydrogen) atoms. The monoisotopic (exact) mass is 280 g/mol. The Morgan fingerprint density at radius 1 is 1.35 bits per heavy atom. The lowest BCUT2D eigenvalue weighted by Gasteiger charge is -2.21. The topological polar surface area (TPSA) is 94.6 Å². The van der Waals surface area contributed by atoms with Gasteiger partial charge in [-0.15, -0.1) is 0 Å². The number of carbonyl (C=O) groups excluding carboxylic acids is 1. The molecule has 1 amide bonds. The molecule has 0 unspecified atom stereocenters. The van der Waals surface area contributed by atoms with Crippen LogP contribution < -0.4 is 10.9 Å². The van der Waals surface area contributed by atoms with E-state index in [9.17, 15) is 9.59 Å². The summed E-state index contributed by atoms with van der Waals surface area (Å²) in [5, 5.41) is 8.82. The summed E-state index contributed by atoms with van der Waals surface area (Å²) in [6, 6.07) is 5.27. The number of carbonyl (C=O) groups is 2. The first-order chi connectivity index (χ1) is 9.47. The molecule has 0 aliphatic heterocycles. The van der Waals surface area contributed by atoms with E-state index < -0.39 is 5.97 Å². The Morgan fingerprint density at radius 2 is 2.10 bits per heavy atom. The van der Waals surface area contributed by atoms with E-state index in [-0.39, 0.29) is 24.9 Å². The maximum Gasteiger partial charge on any atom is 0.317 e. The fourth-order valence-corrected chi connectivity index (χ4v) is 1.71. The highest BCUT2D eigenvalue weighted by Gasteiger charge is 2.15. The van der Waals surface area contributed by atoms with E-state index in [0.29, 0.717) is 12.4 Å². The van der Waals surface area contributed by atoms with Crippen molar-refractivity contribution in [3.05, 3.63) is 24.4 Å². The summed E-state index contributed by atoms with van der Waals surface area (Å²) >= 11 is 0. The van der Waals surface area contributed by atoms with Gasteiger partial charge < -0.3 is 5.11 Å². The molecule has 0 saturated heterocycles. The lowest BCUT2D eigenvalue weighted by Crippen LogP contribution is -2.43. The van der Waals surface area contributed by atoms with Gasteiger partial charge in [0.1, 0.15) is 5.82 Å². The number of amides is 1. The molecule has 0 aromatic carbocycles. The van der Waals surface area contributed by atoms with Gasteiger partial charge >= 0.3 is 5.97 Å².